The maximum Gasteiger partial charge on any atom is 0.416 e. The molecule has 0 aliphatic carbocycles. The molecule has 0 bridgehead atoms. The number of fused-ring (bicyclic) bond motifs is 3. The van der Waals surface area contributed by atoms with Crippen molar-refractivity contribution in [2.24, 2.45) is 5.73 Å². The summed E-state index contributed by atoms with van der Waals surface area (Å²) in [5, 5.41) is 1.14. The summed E-state index contributed by atoms with van der Waals surface area (Å²) in [5.74, 6) is -0.617. The van der Waals surface area contributed by atoms with Crippen molar-refractivity contribution in [1.82, 2.24) is 4.57 Å². The number of nitrogens with zero attached hydrogens (tertiary/aromatic N) is 1. The number of hydrogen-bond acceptors (Lipinski definition) is 1. The van der Waals surface area contributed by atoms with E-state index in [-0.39, 0.29) is 0 Å². The molecule has 0 unspecified atom stereocenters. The van der Waals surface area contributed by atoms with Gasteiger partial charge in [0.2, 0.25) is 5.91 Å². The number of alkyl halides is 3. The second-order valence-electron chi connectivity index (χ2n) is 8.31. The highest BCUT2D eigenvalue weighted by Crippen LogP contribution is 2.37. The van der Waals surface area contributed by atoms with Crippen molar-refractivity contribution >= 4 is 27.7 Å². The van der Waals surface area contributed by atoms with Crippen LogP contribution in [-0.2, 0) is 19.1 Å². The van der Waals surface area contributed by atoms with Crippen LogP contribution in [0, 0.1) is 0 Å². The number of nitrogens with two attached hydrogens (primary N) is 1. The molecule has 5 rings (SSSR count). The molecule has 3 nitrogen and oxygen atoms in total. The minimum Gasteiger partial charge on any atom is -0.366 e. The van der Waals surface area contributed by atoms with E-state index < -0.39 is 17.6 Å². The van der Waals surface area contributed by atoms with Gasteiger partial charge >= 0.3 is 6.18 Å². The molecule has 0 saturated heterocycles. The van der Waals surface area contributed by atoms with Gasteiger partial charge < -0.3 is 10.3 Å². The molecule has 1 heterocycles. The fraction of sp³-hybridized carbons (Fsp3) is 0.107. The minimum atomic E-state index is -4.48. The number of hydrogen-bond donors (Lipinski definition) is 1. The Morgan fingerprint density at radius 2 is 1.50 bits per heavy atom. The number of carbonyl (C=O) groups excluding carboxylic acids is 1. The molecule has 2 N–H and O–H groups in total. The summed E-state index contributed by atoms with van der Waals surface area (Å²) in [6.07, 6.45) is -3.78. The summed E-state index contributed by atoms with van der Waals surface area (Å²) in [6.45, 7) is 0.354. The number of halogens is 3. The molecule has 0 saturated carbocycles. The molecular formula is C28H21F3N2O. The molecule has 0 aliphatic rings. The Morgan fingerprint density at radius 3 is 2.21 bits per heavy atom. The Labute approximate surface area is 194 Å². The first-order valence-electron chi connectivity index (χ1n) is 10.9. The van der Waals surface area contributed by atoms with Crippen LogP contribution < -0.4 is 5.73 Å². The van der Waals surface area contributed by atoms with Crippen LogP contribution in [0.5, 0.6) is 0 Å². The normalized spacial score (nSPS) is 11.9. The largest absolute Gasteiger partial charge is 0.416 e. The quantitative estimate of drug-likeness (QED) is 0.319. The smallest absolute Gasteiger partial charge is 0.366 e. The van der Waals surface area contributed by atoms with Crippen molar-refractivity contribution in [1.29, 1.82) is 0 Å². The zero-order valence-electron chi connectivity index (χ0n) is 18.1. The fourth-order valence-electron chi connectivity index (χ4n) is 4.57. The van der Waals surface area contributed by atoms with Crippen LogP contribution in [0.25, 0.3) is 21.8 Å². The van der Waals surface area contributed by atoms with E-state index in [4.69, 9.17) is 5.73 Å². The molecule has 0 aliphatic heterocycles. The number of amides is 1. The Balaban J connectivity index is 1.72. The summed E-state index contributed by atoms with van der Waals surface area (Å²) in [4.78, 5) is 12.1. The van der Waals surface area contributed by atoms with E-state index in [0.29, 0.717) is 40.3 Å². The van der Waals surface area contributed by atoms with Gasteiger partial charge in [0.05, 0.1) is 16.6 Å². The highest BCUT2D eigenvalue weighted by atomic mass is 19.4. The molecular weight excluding hydrogens is 437 g/mol. The minimum absolute atomic E-state index is 0.290. The van der Waals surface area contributed by atoms with Crippen molar-refractivity contribution in [2.45, 2.75) is 19.1 Å². The molecule has 0 spiro atoms. The number of primary amides is 1. The van der Waals surface area contributed by atoms with Crippen LogP contribution in [0.4, 0.5) is 13.2 Å². The maximum absolute atomic E-state index is 13.6. The third kappa shape index (κ3) is 3.92. The second kappa shape index (κ2) is 8.37. The average Bonchev–Trinajstić information content (AvgIpc) is 3.13. The highest BCUT2D eigenvalue weighted by molar-refractivity contribution is 6.18. The first-order valence-corrected chi connectivity index (χ1v) is 10.9. The van der Waals surface area contributed by atoms with Crippen LogP contribution >= 0.6 is 0 Å². The van der Waals surface area contributed by atoms with Gasteiger partial charge in [0.15, 0.2) is 0 Å². The molecule has 0 fully saturated rings. The predicted molar refractivity (Wildman–Crippen MR) is 128 cm³/mol. The van der Waals surface area contributed by atoms with Crippen molar-refractivity contribution in [3.63, 3.8) is 0 Å². The lowest BCUT2D eigenvalue weighted by molar-refractivity contribution is -0.137. The molecule has 6 heteroatoms. The lowest BCUT2D eigenvalue weighted by Crippen LogP contribution is -2.11. The Kier molecular flexibility index (Phi) is 5.36. The Bertz CT molecular complexity index is 1520. The topological polar surface area (TPSA) is 48.0 Å². The van der Waals surface area contributed by atoms with Crippen molar-refractivity contribution < 1.29 is 18.0 Å². The van der Waals surface area contributed by atoms with E-state index in [9.17, 15) is 18.0 Å². The van der Waals surface area contributed by atoms with Gasteiger partial charge in [-0.1, -0.05) is 66.7 Å². The van der Waals surface area contributed by atoms with Crippen LogP contribution in [0.15, 0.2) is 91.0 Å². The molecule has 0 radical (unpaired) electrons. The van der Waals surface area contributed by atoms with Crippen LogP contribution in [0.2, 0.25) is 0 Å². The highest BCUT2D eigenvalue weighted by Gasteiger charge is 2.31. The molecule has 170 valence electrons. The van der Waals surface area contributed by atoms with Crippen molar-refractivity contribution in [2.75, 3.05) is 0 Å². The van der Waals surface area contributed by atoms with E-state index in [1.807, 2.05) is 65.2 Å². The maximum atomic E-state index is 13.6. The standard InChI is InChI=1S/C28H21F3N2O/c29-28(30,31)21-13-14-22-25(16-21)33(24-12-6-11-23(26(22)24)27(32)34)17-20-10-5-4-9-19(20)15-18-7-2-1-3-8-18/h1-14,16H,15,17H2,(H2,32,34). The van der Waals surface area contributed by atoms with E-state index >= 15 is 0 Å². The van der Waals surface area contributed by atoms with Crippen LogP contribution in [0.1, 0.15) is 32.6 Å². The number of carbonyl (C=O) groups is 1. The number of rotatable bonds is 5. The second-order valence-corrected chi connectivity index (χ2v) is 8.31. The molecule has 0 atom stereocenters. The lowest BCUT2D eigenvalue weighted by atomic mass is 9.99. The molecule has 5 aromatic rings. The zero-order chi connectivity index (χ0) is 23.9. The predicted octanol–water partition coefficient (Wildman–Crippen LogP) is 6.55. The van der Waals surface area contributed by atoms with Crippen molar-refractivity contribution in [3.05, 3.63) is 119 Å². The Morgan fingerprint density at radius 1 is 0.794 bits per heavy atom. The van der Waals surface area contributed by atoms with Crippen molar-refractivity contribution in [3.8, 4) is 0 Å². The monoisotopic (exact) mass is 458 g/mol. The third-order valence-corrected chi connectivity index (χ3v) is 6.17. The van der Waals surface area contributed by atoms with Gasteiger partial charge in [0, 0.05) is 22.9 Å². The Hall–Kier alpha value is -4.06. The molecule has 1 amide bonds. The SMILES string of the molecule is NC(=O)c1cccc2c1c1ccc(C(F)(F)F)cc1n2Cc1ccccc1Cc1ccccc1. The van der Waals surface area contributed by atoms with Gasteiger partial charge in [-0.25, -0.2) is 0 Å². The summed E-state index contributed by atoms with van der Waals surface area (Å²) in [5.41, 5.74) is 9.47. The first-order chi connectivity index (χ1) is 16.3. The molecule has 4 aromatic carbocycles. The number of benzene rings is 4. The van der Waals surface area contributed by atoms with E-state index in [1.54, 1.807) is 12.1 Å². The summed E-state index contributed by atoms with van der Waals surface area (Å²) in [7, 11) is 0. The average molecular weight is 458 g/mol. The van der Waals surface area contributed by atoms with Gasteiger partial charge in [-0.2, -0.15) is 13.2 Å². The van der Waals surface area contributed by atoms with Gasteiger partial charge in [0.1, 0.15) is 0 Å². The van der Waals surface area contributed by atoms with Gasteiger partial charge in [-0.3, -0.25) is 4.79 Å². The lowest BCUT2D eigenvalue weighted by Gasteiger charge is -2.14. The van der Waals surface area contributed by atoms with Crippen LogP contribution in [0.3, 0.4) is 0 Å². The van der Waals surface area contributed by atoms with E-state index in [0.717, 1.165) is 28.8 Å². The first kappa shape index (κ1) is 21.8. The fourth-order valence-corrected chi connectivity index (χ4v) is 4.57. The van der Waals surface area contributed by atoms with E-state index in [1.165, 1.54) is 6.07 Å². The zero-order valence-corrected chi connectivity index (χ0v) is 18.1. The summed E-state index contributed by atoms with van der Waals surface area (Å²) < 4.78 is 42.5. The van der Waals surface area contributed by atoms with Gasteiger partial charge in [-0.05, 0) is 47.4 Å². The number of aromatic nitrogens is 1. The third-order valence-electron chi connectivity index (χ3n) is 6.17. The van der Waals surface area contributed by atoms with Crippen LogP contribution in [-0.4, -0.2) is 10.5 Å². The van der Waals surface area contributed by atoms with Gasteiger partial charge in [0.25, 0.3) is 0 Å². The van der Waals surface area contributed by atoms with E-state index in [2.05, 4.69) is 0 Å². The molecule has 1 aromatic heterocycles. The summed E-state index contributed by atoms with van der Waals surface area (Å²) in [6, 6.07) is 26.7. The molecule has 34 heavy (non-hydrogen) atoms. The summed E-state index contributed by atoms with van der Waals surface area (Å²) >= 11 is 0. The van der Waals surface area contributed by atoms with Gasteiger partial charge in [-0.15, -0.1) is 0 Å².